The summed E-state index contributed by atoms with van der Waals surface area (Å²) < 4.78 is 37.8. The third-order valence-electron chi connectivity index (χ3n) is 4.32. The van der Waals surface area contributed by atoms with Gasteiger partial charge in [-0.05, 0) is 49.2 Å². The van der Waals surface area contributed by atoms with Crippen LogP contribution in [0.25, 0.3) is 22.3 Å². The molecular formula is C21H18F2N4O2. The molecule has 1 N–H and O–H groups in total. The molecule has 0 bridgehead atoms. The topological polar surface area (TPSA) is 72.9 Å². The molecule has 0 spiro atoms. The molecule has 0 atom stereocenters. The van der Waals surface area contributed by atoms with Gasteiger partial charge in [-0.3, -0.25) is 5.10 Å². The van der Waals surface area contributed by atoms with Crippen LogP contribution in [0.3, 0.4) is 0 Å². The predicted molar refractivity (Wildman–Crippen MR) is 104 cm³/mol. The molecule has 0 aliphatic carbocycles. The second kappa shape index (κ2) is 7.83. The first kappa shape index (κ1) is 18.8. The Morgan fingerprint density at radius 1 is 1.10 bits per heavy atom. The van der Waals surface area contributed by atoms with Gasteiger partial charge in [-0.25, -0.2) is 13.8 Å². The molecule has 2 aromatic heterocycles. The number of rotatable bonds is 6. The second-order valence-electron chi connectivity index (χ2n) is 6.49. The van der Waals surface area contributed by atoms with Crippen molar-refractivity contribution in [1.29, 1.82) is 0 Å². The van der Waals surface area contributed by atoms with Crippen LogP contribution in [0.15, 0.2) is 42.6 Å². The summed E-state index contributed by atoms with van der Waals surface area (Å²) in [6.45, 7) is 4.70. The highest BCUT2D eigenvalue weighted by molar-refractivity contribution is 5.91. The van der Waals surface area contributed by atoms with E-state index in [0.717, 1.165) is 41.1 Å². The van der Waals surface area contributed by atoms with Crippen molar-refractivity contribution < 1.29 is 18.3 Å². The highest BCUT2D eigenvalue weighted by atomic mass is 19.1. The number of nitrogens with one attached hydrogen (secondary N) is 1. The number of aryl methyl sites for hydroxylation is 1. The van der Waals surface area contributed by atoms with Crippen LogP contribution in [0.5, 0.6) is 17.5 Å². The highest BCUT2D eigenvalue weighted by Crippen LogP contribution is 2.31. The third kappa shape index (κ3) is 3.87. The van der Waals surface area contributed by atoms with Crippen molar-refractivity contribution in [2.45, 2.75) is 20.3 Å². The maximum Gasteiger partial charge on any atom is 0.324 e. The number of aromatic nitrogens is 4. The normalized spacial score (nSPS) is 11.0. The molecule has 4 rings (SSSR count). The summed E-state index contributed by atoms with van der Waals surface area (Å²) >= 11 is 0. The van der Waals surface area contributed by atoms with Gasteiger partial charge >= 0.3 is 6.01 Å². The minimum atomic E-state index is -0.836. The molecule has 0 fully saturated rings. The van der Waals surface area contributed by atoms with Gasteiger partial charge in [-0.1, -0.05) is 6.92 Å². The van der Waals surface area contributed by atoms with Gasteiger partial charge in [0.15, 0.2) is 17.2 Å². The van der Waals surface area contributed by atoms with Gasteiger partial charge in [-0.15, -0.1) is 0 Å². The first-order valence-corrected chi connectivity index (χ1v) is 9.13. The van der Waals surface area contributed by atoms with Crippen molar-refractivity contribution in [3.8, 4) is 28.8 Å². The zero-order chi connectivity index (χ0) is 20.4. The molecule has 0 amide bonds. The van der Waals surface area contributed by atoms with Gasteiger partial charge in [0, 0.05) is 17.8 Å². The average Bonchev–Trinajstić information content (AvgIpc) is 3.11. The van der Waals surface area contributed by atoms with E-state index in [1.165, 1.54) is 6.07 Å². The predicted octanol–water partition coefficient (Wildman–Crippen LogP) is 5.19. The van der Waals surface area contributed by atoms with Crippen molar-refractivity contribution >= 4 is 11.0 Å². The smallest absolute Gasteiger partial charge is 0.324 e. The molecule has 148 valence electrons. The van der Waals surface area contributed by atoms with Crippen molar-refractivity contribution in [2.75, 3.05) is 6.61 Å². The lowest BCUT2D eigenvalue weighted by molar-refractivity contribution is 0.317. The van der Waals surface area contributed by atoms with Gasteiger partial charge in [-0.2, -0.15) is 10.1 Å². The van der Waals surface area contributed by atoms with Gasteiger partial charge in [0.05, 0.1) is 17.7 Å². The lowest BCUT2D eigenvalue weighted by Gasteiger charge is -2.09. The van der Waals surface area contributed by atoms with Crippen molar-refractivity contribution in [3.05, 3.63) is 59.8 Å². The molecule has 8 heteroatoms. The van der Waals surface area contributed by atoms with Gasteiger partial charge < -0.3 is 9.47 Å². The summed E-state index contributed by atoms with van der Waals surface area (Å²) in [5.74, 6) is -0.882. The maximum absolute atomic E-state index is 13.8. The molecule has 2 heterocycles. The van der Waals surface area contributed by atoms with Crippen LogP contribution in [0.1, 0.15) is 18.9 Å². The monoisotopic (exact) mass is 396 g/mol. The Morgan fingerprint density at radius 3 is 2.72 bits per heavy atom. The zero-order valence-corrected chi connectivity index (χ0v) is 15.9. The van der Waals surface area contributed by atoms with E-state index in [2.05, 4.69) is 27.1 Å². The lowest BCUT2D eigenvalue weighted by Crippen LogP contribution is -1.96. The molecule has 0 radical (unpaired) electrons. The maximum atomic E-state index is 13.8. The largest absolute Gasteiger partial charge is 0.494 e. The van der Waals surface area contributed by atoms with Gasteiger partial charge in [0.1, 0.15) is 11.6 Å². The third-order valence-corrected chi connectivity index (χ3v) is 4.32. The van der Waals surface area contributed by atoms with Crippen molar-refractivity contribution in [3.63, 3.8) is 0 Å². The fourth-order valence-electron chi connectivity index (χ4n) is 2.93. The summed E-state index contributed by atoms with van der Waals surface area (Å²) in [5, 5.41) is 7.87. The SMILES string of the molecule is CCCOc1ccc(-c2[nH]nc3nc(Oc4ccc(F)cc4F)ncc23)c(C)c1. The molecule has 29 heavy (non-hydrogen) atoms. The fraction of sp³-hybridized carbons (Fsp3) is 0.190. The zero-order valence-electron chi connectivity index (χ0n) is 15.9. The number of hydrogen-bond donors (Lipinski definition) is 1. The van der Waals surface area contributed by atoms with Crippen LogP contribution >= 0.6 is 0 Å². The summed E-state index contributed by atoms with van der Waals surface area (Å²) in [4.78, 5) is 8.34. The van der Waals surface area contributed by atoms with E-state index in [4.69, 9.17) is 9.47 Å². The molecule has 6 nitrogen and oxygen atoms in total. The van der Waals surface area contributed by atoms with Gasteiger partial charge in [0.2, 0.25) is 0 Å². The summed E-state index contributed by atoms with van der Waals surface area (Å²) in [5.41, 5.74) is 3.09. The Hall–Kier alpha value is -3.55. The Bertz CT molecular complexity index is 1180. The van der Waals surface area contributed by atoms with Crippen LogP contribution in [0, 0.1) is 18.6 Å². The van der Waals surface area contributed by atoms with Gasteiger partial charge in [0.25, 0.3) is 0 Å². The minimum Gasteiger partial charge on any atom is -0.494 e. The van der Waals surface area contributed by atoms with Crippen LogP contribution in [-0.2, 0) is 0 Å². The second-order valence-corrected chi connectivity index (χ2v) is 6.49. The molecule has 4 aromatic rings. The van der Waals surface area contributed by atoms with E-state index in [1.54, 1.807) is 6.20 Å². The van der Waals surface area contributed by atoms with Crippen LogP contribution in [0.2, 0.25) is 0 Å². The molecular weight excluding hydrogens is 378 g/mol. The lowest BCUT2D eigenvalue weighted by atomic mass is 10.0. The number of fused-ring (bicyclic) bond motifs is 1. The summed E-state index contributed by atoms with van der Waals surface area (Å²) in [7, 11) is 0. The molecule has 0 saturated heterocycles. The molecule has 0 unspecified atom stereocenters. The summed E-state index contributed by atoms with van der Waals surface area (Å²) in [6.07, 6.45) is 2.49. The minimum absolute atomic E-state index is 0.0823. The number of halogens is 2. The standard InChI is InChI=1S/C21H18F2N4O2/c1-3-8-28-14-5-6-15(12(2)9-14)19-16-11-24-21(25-20(16)27-26-19)29-18-7-4-13(22)10-17(18)23/h4-7,9-11H,3,8H2,1-2H3,(H,24,25,26,27). The Balaban J connectivity index is 1.63. The Morgan fingerprint density at radius 2 is 1.97 bits per heavy atom. The highest BCUT2D eigenvalue weighted by Gasteiger charge is 2.15. The van der Waals surface area contributed by atoms with E-state index >= 15 is 0 Å². The summed E-state index contributed by atoms with van der Waals surface area (Å²) in [6, 6.07) is 8.75. The van der Waals surface area contributed by atoms with Crippen LogP contribution in [-0.4, -0.2) is 26.8 Å². The van der Waals surface area contributed by atoms with E-state index in [1.807, 2.05) is 25.1 Å². The number of nitrogens with zero attached hydrogens (tertiary/aromatic N) is 3. The van der Waals surface area contributed by atoms with E-state index < -0.39 is 11.6 Å². The number of ether oxygens (including phenoxy) is 2. The average molecular weight is 396 g/mol. The van der Waals surface area contributed by atoms with Crippen molar-refractivity contribution in [2.24, 2.45) is 0 Å². The quantitative estimate of drug-likeness (QED) is 0.486. The number of aromatic amines is 1. The van der Waals surface area contributed by atoms with E-state index in [0.29, 0.717) is 17.6 Å². The molecule has 0 saturated carbocycles. The Labute approximate surface area is 165 Å². The van der Waals surface area contributed by atoms with E-state index in [9.17, 15) is 8.78 Å². The fourth-order valence-corrected chi connectivity index (χ4v) is 2.93. The van der Waals surface area contributed by atoms with Crippen molar-refractivity contribution in [1.82, 2.24) is 20.2 Å². The van der Waals surface area contributed by atoms with Crippen LogP contribution in [0.4, 0.5) is 8.78 Å². The molecule has 0 aliphatic rings. The first-order chi connectivity index (χ1) is 14.0. The molecule has 2 aromatic carbocycles. The number of benzene rings is 2. The number of hydrogen-bond acceptors (Lipinski definition) is 5. The molecule has 0 aliphatic heterocycles. The first-order valence-electron chi connectivity index (χ1n) is 9.13. The Kier molecular flexibility index (Phi) is 5.07. The van der Waals surface area contributed by atoms with E-state index in [-0.39, 0.29) is 11.8 Å². The van der Waals surface area contributed by atoms with Crippen LogP contribution < -0.4 is 9.47 Å². The number of H-pyrrole nitrogens is 1.